The van der Waals surface area contributed by atoms with Crippen molar-refractivity contribution in [1.29, 1.82) is 0 Å². The van der Waals surface area contributed by atoms with Gasteiger partial charge in [-0.15, -0.1) is 0 Å². The van der Waals surface area contributed by atoms with Gasteiger partial charge in [-0.3, -0.25) is 14.7 Å². The second kappa shape index (κ2) is 5.97. The van der Waals surface area contributed by atoms with Crippen molar-refractivity contribution in [1.82, 2.24) is 20.2 Å². The molecular formula is C13H21N5O. The number of carbonyl (C=O) groups excluding carboxylic acids is 1. The monoisotopic (exact) mass is 263 g/mol. The molecule has 1 N–H and O–H groups in total. The number of nitrogens with zero attached hydrogens (tertiary/aromatic N) is 4. The van der Waals surface area contributed by atoms with E-state index < -0.39 is 0 Å². The van der Waals surface area contributed by atoms with E-state index in [0.29, 0.717) is 12.6 Å². The Morgan fingerprint density at radius 1 is 1.42 bits per heavy atom. The second-order valence-electron chi connectivity index (χ2n) is 4.97. The zero-order chi connectivity index (χ0) is 13.8. The smallest absolute Gasteiger partial charge is 0.238 e. The van der Waals surface area contributed by atoms with Crippen LogP contribution < -0.4 is 10.2 Å². The lowest BCUT2D eigenvalue weighted by atomic mass is 10.1. The lowest BCUT2D eigenvalue weighted by Gasteiger charge is -2.42. The number of amides is 1. The van der Waals surface area contributed by atoms with Crippen LogP contribution >= 0.6 is 0 Å². The third-order valence-corrected chi connectivity index (χ3v) is 3.51. The summed E-state index contributed by atoms with van der Waals surface area (Å²) in [5.41, 5.74) is 0. The minimum atomic E-state index is -0.138. The summed E-state index contributed by atoms with van der Waals surface area (Å²) < 4.78 is 0. The van der Waals surface area contributed by atoms with Crippen LogP contribution in [0, 0.1) is 0 Å². The predicted molar refractivity (Wildman–Crippen MR) is 73.9 cm³/mol. The third kappa shape index (κ3) is 3.01. The molecule has 6 nitrogen and oxygen atoms in total. The van der Waals surface area contributed by atoms with Gasteiger partial charge in [0.25, 0.3) is 0 Å². The predicted octanol–water partition coefficient (Wildman–Crippen LogP) is 0.122. The van der Waals surface area contributed by atoms with Crippen LogP contribution in [0.25, 0.3) is 0 Å². The number of hydrogen-bond donors (Lipinski definition) is 1. The molecule has 2 heterocycles. The number of nitrogens with one attached hydrogen (secondary N) is 1. The van der Waals surface area contributed by atoms with E-state index in [1.54, 1.807) is 25.6 Å². The molecule has 1 aliphatic heterocycles. The summed E-state index contributed by atoms with van der Waals surface area (Å²) in [6.45, 7) is 6.61. The average Bonchev–Trinajstić information content (AvgIpc) is 2.46. The molecule has 1 aliphatic rings. The highest BCUT2D eigenvalue weighted by Gasteiger charge is 2.33. The fourth-order valence-electron chi connectivity index (χ4n) is 2.48. The van der Waals surface area contributed by atoms with Gasteiger partial charge in [0.2, 0.25) is 5.91 Å². The van der Waals surface area contributed by atoms with Crippen molar-refractivity contribution in [2.24, 2.45) is 0 Å². The Bertz CT molecular complexity index is 422. The van der Waals surface area contributed by atoms with Gasteiger partial charge in [-0.05, 0) is 13.8 Å². The van der Waals surface area contributed by atoms with Crippen LogP contribution in [0.15, 0.2) is 18.6 Å². The zero-order valence-corrected chi connectivity index (χ0v) is 11.7. The van der Waals surface area contributed by atoms with Crippen LogP contribution in [0.1, 0.15) is 13.8 Å². The molecule has 0 bridgehead atoms. The quantitative estimate of drug-likeness (QED) is 0.839. The van der Waals surface area contributed by atoms with Crippen LogP contribution in [-0.4, -0.2) is 59.5 Å². The van der Waals surface area contributed by atoms with E-state index in [-0.39, 0.29) is 11.9 Å². The van der Waals surface area contributed by atoms with Crippen LogP contribution in [0.4, 0.5) is 5.82 Å². The van der Waals surface area contributed by atoms with Gasteiger partial charge in [0.05, 0.1) is 6.20 Å². The molecule has 0 spiro atoms. The second-order valence-corrected chi connectivity index (χ2v) is 4.97. The van der Waals surface area contributed by atoms with Crippen molar-refractivity contribution in [3.8, 4) is 0 Å². The van der Waals surface area contributed by atoms with Crippen molar-refractivity contribution < 1.29 is 4.79 Å². The van der Waals surface area contributed by atoms with E-state index in [1.165, 1.54) is 0 Å². The van der Waals surface area contributed by atoms with Gasteiger partial charge in [-0.2, -0.15) is 0 Å². The first-order valence-electron chi connectivity index (χ1n) is 6.61. The minimum absolute atomic E-state index is 0.0577. The van der Waals surface area contributed by atoms with Gasteiger partial charge >= 0.3 is 0 Å². The number of carbonyl (C=O) groups is 1. The molecule has 0 radical (unpaired) electrons. The molecule has 1 amide bonds. The van der Waals surface area contributed by atoms with E-state index in [4.69, 9.17) is 0 Å². The molecule has 1 atom stereocenters. The molecule has 6 heteroatoms. The number of aromatic nitrogens is 2. The van der Waals surface area contributed by atoms with Crippen LogP contribution in [0.3, 0.4) is 0 Å². The summed E-state index contributed by atoms with van der Waals surface area (Å²) in [4.78, 5) is 24.8. The fourth-order valence-corrected chi connectivity index (χ4v) is 2.48. The molecule has 0 aliphatic carbocycles. The molecule has 1 aromatic rings. The molecular weight excluding hydrogens is 242 g/mol. The number of piperazine rings is 1. The number of likely N-dealkylation sites (N-methyl/N-ethyl adjacent to an activating group) is 1. The van der Waals surface area contributed by atoms with Crippen molar-refractivity contribution in [3.63, 3.8) is 0 Å². The van der Waals surface area contributed by atoms with Crippen LogP contribution in [0.2, 0.25) is 0 Å². The molecule has 0 aromatic carbocycles. The topological polar surface area (TPSA) is 61.4 Å². The SMILES string of the molecule is CNC(=O)[C@H]1CN(c2cnccn2)CCN1C(C)C. The van der Waals surface area contributed by atoms with Crippen LogP contribution in [0.5, 0.6) is 0 Å². The van der Waals surface area contributed by atoms with Crippen molar-refractivity contribution in [2.45, 2.75) is 25.9 Å². The lowest BCUT2D eigenvalue weighted by Crippen LogP contribution is -2.60. The molecule has 1 fully saturated rings. The summed E-state index contributed by atoms with van der Waals surface area (Å²) >= 11 is 0. The normalized spacial score (nSPS) is 20.6. The van der Waals surface area contributed by atoms with Crippen molar-refractivity contribution >= 4 is 11.7 Å². The Hall–Kier alpha value is -1.69. The van der Waals surface area contributed by atoms with Crippen molar-refractivity contribution in [2.75, 3.05) is 31.6 Å². The van der Waals surface area contributed by atoms with Crippen LogP contribution in [-0.2, 0) is 4.79 Å². The Labute approximate surface area is 113 Å². The summed E-state index contributed by atoms with van der Waals surface area (Å²) in [6, 6.07) is 0.215. The summed E-state index contributed by atoms with van der Waals surface area (Å²) in [5, 5.41) is 2.75. The van der Waals surface area contributed by atoms with Gasteiger partial charge in [-0.1, -0.05) is 0 Å². The molecule has 2 rings (SSSR count). The third-order valence-electron chi connectivity index (χ3n) is 3.51. The first kappa shape index (κ1) is 13.7. The molecule has 0 unspecified atom stereocenters. The molecule has 0 saturated carbocycles. The summed E-state index contributed by atoms with van der Waals surface area (Å²) in [7, 11) is 1.68. The summed E-state index contributed by atoms with van der Waals surface area (Å²) in [5.74, 6) is 0.891. The highest BCUT2D eigenvalue weighted by molar-refractivity contribution is 5.82. The Morgan fingerprint density at radius 2 is 2.21 bits per heavy atom. The van der Waals surface area contributed by atoms with Gasteiger partial charge in [0.15, 0.2) is 0 Å². The van der Waals surface area contributed by atoms with Gasteiger partial charge in [0, 0.05) is 45.1 Å². The van der Waals surface area contributed by atoms with Gasteiger partial charge < -0.3 is 10.2 Å². The Balaban J connectivity index is 2.15. The van der Waals surface area contributed by atoms with Gasteiger partial charge in [-0.25, -0.2) is 4.98 Å². The zero-order valence-electron chi connectivity index (χ0n) is 11.7. The van der Waals surface area contributed by atoms with E-state index in [2.05, 4.69) is 38.9 Å². The van der Waals surface area contributed by atoms with E-state index in [9.17, 15) is 4.79 Å². The first-order chi connectivity index (χ1) is 9.13. The largest absolute Gasteiger partial charge is 0.358 e. The summed E-state index contributed by atoms with van der Waals surface area (Å²) in [6.07, 6.45) is 5.08. The number of rotatable bonds is 3. The van der Waals surface area contributed by atoms with E-state index in [0.717, 1.165) is 18.9 Å². The molecule has 1 saturated heterocycles. The van der Waals surface area contributed by atoms with Gasteiger partial charge in [0.1, 0.15) is 11.9 Å². The average molecular weight is 263 g/mol. The minimum Gasteiger partial charge on any atom is -0.358 e. The highest BCUT2D eigenvalue weighted by atomic mass is 16.2. The number of hydrogen-bond acceptors (Lipinski definition) is 5. The van der Waals surface area contributed by atoms with E-state index >= 15 is 0 Å². The Morgan fingerprint density at radius 3 is 2.79 bits per heavy atom. The maximum absolute atomic E-state index is 12.0. The number of anilines is 1. The first-order valence-corrected chi connectivity index (χ1v) is 6.61. The maximum Gasteiger partial charge on any atom is 0.238 e. The molecule has 1 aromatic heterocycles. The molecule has 19 heavy (non-hydrogen) atoms. The standard InChI is InChI=1S/C13H21N5O/c1-10(2)18-7-6-17(9-11(18)13(19)14-3)12-8-15-4-5-16-12/h4-5,8,10-11H,6-7,9H2,1-3H3,(H,14,19)/t11-/m1/s1. The Kier molecular flexibility index (Phi) is 4.31. The molecule has 104 valence electrons. The van der Waals surface area contributed by atoms with Crippen molar-refractivity contribution in [3.05, 3.63) is 18.6 Å². The highest BCUT2D eigenvalue weighted by Crippen LogP contribution is 2.18. The van der Waals surface area contributed by atoms with E-state index in [1.807, 2.05) is 0 Å². The maximum atomic E-state index is 12.0. The fraction of sp³-hybridized carbons (Fsp3) is 0.615. The lowest BCUT2D eigenvalue weighted by molar-refractivity contribution is -0.127.